The van der Waals surface area contributed by atoms with Gasteiger partial charge in [-0.25, -0.2) is 14.8 Å². The molecule has 1 aromatic carbocycles. The lowest BCUT2D eigenvalue weighted by Crippen LogP contribution is -2.08. The zero-order chi connectivity index (χ0) is 24.2. The quantitative estimate of drug-likeness (QED) is 0.334. The number of aromatic nitrogens is 5. The van der Waals surface area contributed by atoms with E-state index in [4.69, 9.17) is 14.5 Å². The Morgan fingerprint density at radius 2 is 2.00 bits per heavy atom. The minimum absolute atomic E-state index is 0.307. The normalized spacial score (nSPS) is 11.0. The summed E-state index contributed by atoms with van der Waals surface area (Å²) in [6.45, 7) is 9.20. The summed E-state index contributed by atoms with van der Waals surface area (Å²) in [5.74, 6) is 1.45. The van der Waals surface area contributed by atoms with Crippen molar-refractivity contribution < 1.29 is 14.3 Å². The van der Waals surface area contributed by atoms with Crippen LogP contribution in [0.3, 0.4) is 0 Å². The van der Waals surface area contributed by atoms with E-state index >= 15 is 0 Å². The van der Waals surface area contributed by atoms with Crippen molar-refractivity contribution in [1.82, 2.24) is 24.5 Å². The first-order valence-corrected chi connectivity index (χ1v) is 11.8. The van der Waals surface area contributed by atoms with Gasteiger partial charge in [-0.3, -0.25) is 5.32 Å². The molecule has 10 nitrogen and oxygen atoms in total. The number of imidazole rings is 1. The molecule has 0 aliphatic rings. The van der Waals surface area contributed by atoms with Crippen molar-refractivity contribution in [2.45, 2.75) is 40.8 Å². The SMILES string of the molecule is CCOC(=O)c1sc(Nc2nc(NCc3ccc(OC)c(C)c3)c3c(ncn3CC)n2)nc1C. The molecule has 0 radical (unpaired) electrons. The summed E-state index contributed by atoms with van der Waals surface area (Å²) >= 11 is 1.20. The Balaban J connectivity index is 1.63. The lowest BCUT2D eigenvalue weighted by Gasteiger charge is -2.12. The smallest absolute Gasteiger partial charge is 0.350 e. The number of ether oxygens (including phenoxy) is 2. The Kier molecular flexibility index (Phi) is 6.92. The summed E-state index contributed by atoms with van der Waals surface area (Å²) in [6.07, 6.45) is 1.75. The third-order valence-corrected chi connectivity index (χ3v) is 6.26. The van der Waals surface area contributed by atoms with Crippen molar-refractivity contribution in [3.63, 3.8) is 0 Å². The molecule has 34 heavy (non-hydrogen) atoms. The van der Waals surface area contributed by atoms with Crippen LogP contribution in [0.4, 0.5) is 16.9 Å². The maximum atomic E-state index is 12.1. The summed E-state index contributed by atoms with van der Waals surface area (Å²) in [5, 5.41) is 7.05. The number of rotatable bonds is 9. The second-order valence-corrected chi connectivity index (χ2v) is 8.53. The van der Waals surface area contributed by atoms with Crippen molar-refractivity contribution in [3.05, 3.63) is 46.2 Å². The Labute approximate surface area is 201 Å². The van der Waals surface area contributed by atoms with Crippen LogP contribution >= 0.6 is 11.3 Å². The number of benzene rings is 1. The molecule has 4 rings (SSSR count). The number of carbonyl (C=O) groups excluding carboxylic acids is 1. The number of hydrogen-bond donors (Lipinski definition) is 2. The van der Waals surface area contributed by atoms with E-state index in [1.165, 1.54) is 11.3 Å². The van der Waals surface area contributed by atoms with Gasteiger partial charge in [0.05, 0.1) is 25.7 Å². The van der Waals surface area contributed by atoms with Gasteiger partial charge < -0.3 is 19.4 Å². The van der Waals surface area contributed by atoms with Gasteiger partial charge >= 0.3 is 5.97 Å². The van der Waals surface area contributed by atoms with Gasteiger partial charge in [0.1, 0.15) is 16.1 Å². The summed E-state index contributed by atoms with van der Waals surface area (Å²) in [5.41, 5.74) is 4.13. The van der Waals surface area contributed by atoms with Crippen LogP contribution in [-0.2, 0) is 17.8 Å². The first-order chi connectivity index (χ1) is 16.4. The summed E-state index contributed by atoms with van der Waals surface area (Å²) < 4.78 is 12.5. The molecule has 0 spiro atoms. The highest BCUT2D eigenvalue weighted by Gasteiger charge is 2.18. The molecule has 0 saturated heterocycles. The number of aryl methyl sites for hydroxylation is 3. The predicted molar refractivity (Wildman–Crippen MR) is 132 cm³/mol. The topological polar surface area (TPSA) is 116 Å². The first-order valence-electron chi connectivity index (χ1n) is 10.9. The Hall–Kier alpha value is -3.73. The highest BCUT2D eigenvalue weighted by atomic mass is 32.1. The van der Waals surface area contributed by atoms with Gasteiger partial charge in [0, 0.05) is 13.1 Å². The van der Waals surface area contributed by atoms with E-state index in [1.807, 2.05) is 30.5 Å². The van der Waals surface area contributed by atoms with Gasteiger partial charge in [-0.15, -0.1) is 0 Å². The predicted octanol–water partition coefficient (Wildman–Crippen LogP) is 4.46. The standard InChI is InChI=1S/C23H27N7O3S/c1-6-30-12-25-20-17(30)19(24-11-15-8-9-16(32-5)13(3)10-15)27-22(28-20)29-23-26-14(4)18(34-23)21(31)33-7-2/h8-10,12H,6-7,11H2,1-5H3,(H2,24,26,27,28,29). The molecule has 0 saturated carbocycles. The van der Waals surface area contributed by atoms with E-state index in [0.29, 0.717) is 46.3 Å². The number of methoxy groups -OCH3 is 1. The molecule has 4 aromatic rings. The molecule has 0 fully saturated rings. The minimum atomic E-state index is -0.388. The number of fused-ring (bicyclic) bond motifs is 1. The molecule has 0 atom stereocenters. The molecule has 0 bridgehead atoms. The number of nitrogens with one attached hydrogen (secondary N) is 2. The number of esters is 1. The van der Waals surface area contributed by atoms with Crippen LogP contribution in [0.25, 0.3) is 11.2 Å². The minimum Gasteiger partial charge on any atom is -0.496 e. The molecule has 2 N–H and O–H groups in total. The monoisotopic (exact) mass is 481 g/mol. The number of thiazole rings is 1. The molecule has 0 aliphatic carbocycles. The average Bonchev–Trinajstić information content (AvgIpc) is 3.40. The van der Waals surface area contributed by atoms with Gasteiger partial charge in [-0.2, -0.15) is 9.97 Å². The Bertz CT molecular complexity index is 1330. The molecule has 3 aromatic heterocycles. The third kappa shape index (κ3) is 4.79. The number of nitrogens with zero attached hydrogens (tertiary/aromatic N) is 5. The van der Waals surface area contributed by atoms with Gasteiger partial charge in [0.2, 0.25) is 5.95 Å². The summed E-state index contributed by atoms with van der Waals surface area (Å²) in [6, 6.07) is 6.05. The summed E-state index contributed by atoms with van der Waals surface area (Å²) in [4.78, 5) is 30.7. The fourth-order valence-electron chi connectivity index (χ4n) is 3.57. The highest BCUT2D eigenvalue weighted by Crippen LogP contribution is 2.28. The van der Waals surface area contributed by atoms with E-state index < -0.39 is 0 Å². The van der Waals surface area contributed by atoms with Gasteiger partial charge in [0.15, 0.2) is 16.6 Å². The van der Waals surface area contributed by atoms with Crippen LogP contribution in [0.15, 0.2) is 24.5 Å². The van der Waals surface area contributed by atoms with Crippen LogP contribution in [0, 0.1) is 13.8 Å². The van der Waals surface area contributed by atoms with Crippen molar-refractivity contribution in [2.24, 2.45) is 0 Å². The van der Waals surface area contributed by atoms with Gasteiger partial charge in [-0.1, -0.05) is 23.5 Å². The molecular formula is C23H27N7O3S. The second kappa shape index (κ2) is 10.0. The lowest BCUT2D eigenvalue weighted by atomic mass is 10.1. The van der Waals surface area contributed by atoms with Gasteiger partial charge in [-0.05, 0) is 44.9 Å². The fraction of sp³-hybridized carbons (Fsp3) is 0.348. The van der Waals surface area contributed by atoms with Crippen molar-refractivity contribution >= 4 is 45.4 Å². The van der Waals surface area contributed by atoms with E-state index in [2.05, 4.69) is 31.7 Å². The van der Waals surface area contributed by atoms with E-state index in [0.717, 1.165) is 28.9 Å². The van der Waals surface area contributed by atoms with Crippen LogP contribution in [-0.4, -0.2) is 44.2 Å². The molecule has 3 heterocycles. The van der Waals surface area contributed by atoms with Crippen molar-refractivity contribution in [1.29, 1.82) is 0 Å². The number of hydrogen-bond acceptors (Lipinski definition) is 10. The zero-order valence-electron chi connectivity index (χ0n) is 19.8. The maximum Gasteiger partial charge on any atom is 0.350 e. The van der Waals surface area contributed by atoms with E-state index in [9.17, 15) is 4.79 Å². The molecule has 0 aliphatic heterocycles. The molecule has 178 valence electrons. The fourth-order valence-corrected chi connectivity index (χ4v) is 4.42. The molecular weight excluding hydrogens is 454 g/mol. The van der Waals surface area contributed by atoms with Gasteiger partial charge in [0.25, 0.3) is 0 Å². The summed E-state index contributed by atoms with van der Waals surface area (Å²) in [7, 11) is 1.66. The molecule has 11 heteroatoms. The highest BCUT2D eigenvalue weighted by molar-refractivity contribution is 7.17. The number of carbonyl (C=O) groups is 1. The Morgan fingerprint density at radius 1 is 1.18 bits per heavy atom. The third-order valence-electron chi connectivity index (χ3n) is 5.21. The van der Waals surface area contributed by atoms with E-state index in [1.54, 1.807) is 27.3 Å². The van der Waals surface area contributed by atoms with Crippen LogP contribution in [0.1, 0.15) is 40.3 Å². The van der Waals surface area contributed by atoms with Crippen LogP contribution in [0.2, 0.25) is 0 Å². The lowest BCUT2D eigenvalue weighted by molar-refractivity contribution is 0.0531. The average molecular weight is 482 g/mol. The number of anilines is 3. The maximum absolute atomic E-state index is 12.1. The molecule has 0 unspecified atom stereocenters. The zero-order valence-corrected chi connectivity index (χ0v) is 20.6. The largest absolute Gasteiger partial charge is 0.496 e. The van der Waals surface area contributed by atoms with Crippen LogP contribution in [0.5, 0.6) is 5.75 Å². The molecule has 0 amide bonds. The van der Waals surface area contributed by atoms with Crippen LogP contribution < -0.4 is 15.4 Å². The van der Waals surface area contributed by atoms with Crippen molar-refractivity contribution in [3.8, 4) is 5.75 Å². The Morgan fingerprint density at radius 3 is 2.71 bits per heavy atom. The van der Waals surface area contributed by atoms with Crippen molar-refractivity contribution in [2.75, 3.05) is 24.4 Å². The first kappa shape index (κ1) is 23.4. The van der Waals surface area contributed by atoms with E-state index in [-0.39, 0.29) is 5.97 Å². The second-order valence-electron chi connectivity index (χ2n) is 7.54.